The zero-order valence-electron chi connectivity index (χ0n) is 9.01. The van der Waals surface area contributed by atoms with E-state index in [4.69, 9.17) is 4.52 Å². The number of nitrogens with one attached hydrogen (secondary N) is 1. The molecule has 0 aliphatic carbocycles. The van der Waals surface area contributed by atoms with E-state index in [9.17, 15) is 4.39 Å². The molecule has 2 aromatic rings. The smallest absolute Gasteiger partial charge is 0.244 e. The first kappa shape index (κ1) is 10.3. The monoisotopic (exact) mass is 234 g/mol. The quantitative estimate of drug-likeness (QED) is 0.853. The highest BCUT2D eigenvalue weighted by molar-refractivity contribution is 5.52. The van der Waals surface area contributed by atoms with Crippen molar-refractivity contribution in [3.05, 3.63) is 30.4 Å². The summed E-state index contributed by atoms with van der Waals surface area (Å²) in [5.41, 5.74) is 0.838. The Balaban J connectivity index is 1.84. The van der Waals surface area contributed by atoms with Gasteiger partial charge in [-0.05, 0) is 12.1 Å². The molecule has 1 aliphatic rings. The van der Waals surface area contributed by atoms with Crippen molar-refractivity contribution in [3.8, 4) is 11.4 Å². The van der Waals surface area contributed by atoms with Gasteiger partial charge in [0.05, 0.1) is 6.04 Å². The van der Waals surface area contributed by atoms with Crippen molar-refractivity contribution in [2.24, 2.45) is 0 Å². The Hall–Kier alpha value is -1.82. The van der Waals surface area contributed by atoms with Crippen molar-refractivity contribution in [2.45, 2.75) is 18.6 Å². The van der Waals surface area contributed by atoms with Crippen LogP contribution in [0.2, 0.25) is 0 Å². The van der Waals surface area contributed by atoms with Gasteiger partial charge < -0.3 is 9.84 Å². The van der Waals surface area contributed by atoms with Crippen LogP contribution in [-0.2, 0) is 0 Å². The molecule has 1 N–H and O–H groups in total. The van der Waals surface area contributed by atoms with E-state index in [1.165, 1.54) is 0 Å². The fraction of sp³-hybridized carbons (Fsp3) is 0.364. The highest BCUT2D eigenvalue weighted by atomic mass is 19.1. The van der Waals surface area contributed by atoms with Gasteiger partial charge in [0.1, 0.15) is 6.17 Å². The van der Waals surface area contributed by atoms with E-state index in [-0.39, 0.29) is 6.04 Å². The second-order valence-electron chi connectivity index (χ2n) is 3.99. The molecule has 0 amide bonds. The van der Waals surface area contributed by atoms with Gasteiger partial charge in [0.15, 0.2) is 0 Å². The molecule has 3 heterocycles. The molecule has 17 heavy (non-hydrogen) atoms. The number of nitrogens with zero attached hydrogens (tertiary/aromatic N) is 3. The Kier molecular flexibility index (Phi) is 2.56. The summed E-state index contributed by atoms with van der Waals surface area (Å²) in [6.07, 6.45) is 2.88. The van der Waals surface area contributed by atoms with Crippen LogP contribution in [0.3, 0.4) is 0 Å². The lowest BCUT2D eigenvalue weighted by atomic mass is 10.2. The third-order valence-electron chi connectivity index (χ3n) is 2.76. The topological polar surface area (TPSA) is 63.8 Å². The lowest BCUT2D eigenvalue weighted by Crippen LogP contribution is -2.14. The van der Waals surface area contributed by atoms with E-state index in [0.717, 1.165) is 5.56 Å². The minimum atomic E-state index is -0.837. The van der Waals surface area contributed by atoms with Crippen molar-refractivity contribution in [3.63, 3.8) is 0 Å². The molecular weight excluding hydrogens is 223 g/mol. The van der Waals surface area contributed by atoms with Crippen molar-refractivity contribution in [1.29, 1.82) is 0 Å². The van der Waals surface area contributed by atoms with Crippen LogP contribution in [0.4, 0.5) is 4.39 Å². The summed E-state index contributed by atoms with van der Waals surface area (Å²) in [5, 5.41) is 6.88. The lowest BCUT2D eigenvalue weighted by Gasteiger charge is -2.01. The number of hydrogen-bond acceptors (Lipinski definition) is 5. The van der Waals surface area contributed by atoms with E-state index in [1.807, 2.05) is 0 Å². The molecule has 5 nitrogen and oxygen atoms in total. The molecule has 1 fully saturated rings. The summed E-state index contributed by atoms with van der Waals surface area (Å²) in [5.74, 6) is 0.948. The van der Waals surface area contributed by atoms with Gasteiger partial charge in [0.2, 0.25) is 11.7 Å². The maximum Gasteiger partial charge on any atom is 0.244 e. The van der Waals surface area contributed by atoms with Gasteiger partial charge in [-0.25, -0.2) is 4.39 Å². The van der Waals surface area contributed by atoms with Crippen LogP contribution in [0, 0.1) is 0 Å². The molecule has 2 aromatic heterocycles. The number of halogens is 1. The van der Waals surface area contributed by atoms with Crippen LogP contribution in [0.15, 0.2) is 29.0 Å². The molecule has 0 bridgehead atoms. The molecule has 2 atom stereocenters. The van der Waals surface area contributed by atoms with E-state index in [2.05, 4.69) is 20.4 Å². The summed E-state index contributed by atoms with van der Waals surface area (Å²) in [7, 11) is 0. The minimum absolute atomic E-state index is 0.173. The van der Waals surface area contributed by atoms with Crippen molar-refractivity contribution in [1.82, 2.24) is 20.4 Å². The number of rotatable bonds is 2. The van der Waals surface area contributed by atoms with Gasteiger partial charge >= 0.3 is 0 Å². The van der Waals surface area contributed by atoms with Gasteiger partial charge in [-0.3, -0.25) is 4.98 Å². The van der Waals surface area contributed by atoms with Crippen LogP contribution in [-0.4, -0.2) is 27.8 Å². The Morgan fingerprint density at radius 1 is 1.35 bits per heavy atom. The zero-order valence-corrected chi connectivity index (χ0v) is 9.01. The second-order valence-corrected chi connectivity index (χ2v) is 3.99. The largest absolute Gasteiger partial charge is 0.337 e. The average molecular weight is 234 g/mol. The van der Waals surface area contributed by atoms with Crippen LogP contribution >= 0.6 is 0 Å². The SMILES string of the molecule is FC1CNC(c2nc(-c3ccncc3)no2)C1. The Morgan fingerprint density at radius 2 is 2.18 bits per heavy atom. The normalized spacial score (nSPS) is 24.1. The third kappa shape index (κ3) is 2.03. The molecule has 0 saturated carbocycles. The summed E-state index contributed by atoms with van der Waals surface area (Å²) < 4.78 is 18.2. The molecule has 0 radical (unpaired) electrons. The van der Waals surface area contributed by atoms with Gasteiger partial charge in [-0.1, -0.05) is 5.16 Å². The van der Waals surface area contributed by atoms with E-state index in [1.54, 1.807) is 24.5 Å². The molecule has 1 aliphatic heterocycles. The van der Waals surface area contributed by atoms with E-state index >= 15 is 0 Å². The minimum Gasteiger partial charge on any atom is -0.337 e. The average Bonchev–Trinajstić information content (AvgIpc) is 2.98. The molecule has 0 aromatic carbocycles. The summed E-state index contributed by atoms with van der Waals surface area (Å²) in [4.78, 5) is 8.18. The van der Waals surface area contributed by atoms with E-state index in [0.29, 0.717) is 24.7 Å². The Morgan fingerprint density at radius 3 is 2.88 bits per heavy atom. The molecule has 1 saturated heterocycles. The number of pyridine rings is 1. The molecule has 88 valence electrons. The molecule has 6 heteroatoms. The summed E-state index contributed by atoms with van der Waals surface area (Å²) in [6.45, 7) is 0.345. The summed E-state index contributed by atoms with van der Waals surface area (Å²) in [6, 6.07) is 3.43. The molecule has 3 rings (SSSR count). The van der Waals surface area contributed by atoms with Crippen molar-refractivity contribution in [2.75, 3.05) is 6.54 Å². The van der Waals surface area contributed by atoms with Gasteiger partial charge in [-0.15, -0.1) is 0 Å². The highest BCUT2D eigenvalue weighted by Gasteiger charge is 2.29. The maximum absolute atomic E-state index is 13.0. The number of hydrogen-bond donors (Lipinski definition) is 1. The van der Waals surface area contributed by atoms with Gasteiger partial charge in [-0.2, -0.15) is 4.98 Å². The van der Waals surface area contributed by atoms with Crippen molar-refractivity contribution < 1.29 is 8.91 Å². The fourth-order valence-corrected chi connectivity index (χ4v) is 1.88. The predicted octanol–water partition coefficient (Wildman–Crippen LogP) is 1.50. The van der Waals surface area contributed by atoms with Crippen LogP contribution in [0.5, 0.6) is 0 Å². The van der Waals surface area contributed by atoms with Gasteiger partial charge in [0, 0.05) is 30.9 Å². The zero-order chi connectivity index (χ0) is 11.7. The molecule has 2 unspecified atom stereocenters. The highest BCUT2D eigenvalue weighted by Crippen LogP contribution is 2.25. The molecular formula is C11H11FN4O. The lowest BCUT2D eigenvalue weighted by molar-refractivity contribution is 0.324. The Bertz CT molecular complexity index is 501. The van der Waals surface area contributed by atoms with Crippen LogP contribution in [0.25, 0.3) is 11.4 Å². The first-order valence-electron chi connectivity index (χ1n) is 5.44. The van der Waals surface area contributed by atoms with Crippen molar-refractivity contribution >= 4 is 0 Å². The van der Waals surface area contributed by atoms with Crippen LogP contribution < -0.4 is 5.32 Å². The van der Waals surface area contributed by atoms with Crippen LogP contribution in [0.1, 0.15) is 18.4 Å². The first-order chi connectivity index (χ1) is 8.33. The maximum atomic E-state index is 13.0. The number of alkyl halides is 1. The van der Waals surface area contributed by atoms with E-state index < -0.39 is 6.17 Å². The third-order valence-corrected chi connectivity index (χ3v) is 2.76. The number of aromatic nitrogens is 3. The molecule has 0 spiro atoms. The summed E-state index contributed by atoms with van der Waals surface area (Å²) >= 11 is 0. The Labute approximate surface area is 97.1 Å². The standard InChI is InChI=1S/C11H11FN4O/c12-8-5-9(14-6-8)11-15-10(16-17-11)7-1-3-13-4-2-7/h1-4,8-9,14H,5-6H2. The fourth-order valence-electron chi connectivity index (χ4n) is 1.88. The first-order valence-corrected chi connectivity index (χ1v) is 5.44. The second kappa shape index (κ2) is 4.21. The van der Waals surface area contributed by atoms with Gasteiger partial charge in [0.25, 0.3) is 0 Å². The predicted molar refractivity (Wildman–Crippen MR) is 57.8 cm³/mol.